The molecular formula is C17H13ClF3N3O2S2. The molecule has 0 radical (unpaired) electrons. The van der Waals surface area contributed by atoms with Crippen LogP contribution in [0.5, 0.6) is 0 Å². The maximum Gasteiger partial charge on any atom is 0.435 e. The molecule has 0 atom stereocenters. The summed E-state index contributed by atoms with van der Waals surface area (Å²) in [7, 11) is -3.92. The summed E-state index contributed by atoms with van der Waals surface area (Å²) >= 11 is 7.60. The molecule has 0 fully saturated rings. The third-order valence-corrected chi connectivity index (χ3v) is 6.01. The number of hydrogen-bond acceptors (Lipinski definition) is 4. The van der Waals surface area contributed by atoms with Crippen molar-refractivity contribution in [2.75, 3.05) is 6.26 Å². The fraction of sp³-hybridized carbons (Fsp3) is 0.118. The summed E-state index contributed by atoms with van der Waals surface area (Å²) in [6, 6.07) is 10.9. The van der Waals surface area contributed by atoms with E-state index in [1.54, 1.807) is 18.2 Å². The second-order valence-corrected chi connectivity index (χ2v) is 8.53. The zero-order valence-corrected chi connectivity index (χ0v) is 16.6. The number of thioether (sulfide) groups is 1. The number of nitrogens with zero attached hydrogens (tertiary/aromatic N) is 2. The Labute approximate surface area is 168 Å². The molecule has 3 aromatic rings. The van der Waals surface area contributed by atoms with E-state index in [4.69, 9.17) is 16.7 Å². The van der Waals surface area contributed by atoms with E-state index >= 15 is 0 Å². The lowest BCUT2D eigenvalue weighted by atomic mass is 10.1. The van der Waals surface area contributed by atoms with Gasteiger partial charge < -0.3 is 0 Å². The van der Waals surface area contributed by atoms with Crippen molar-refractivity contribution in [2.45, 2.75) is 16.0 Å². The molecule has 148 valence electrons. The minimum Gasteiger partial charge on any atom is -0.233 e. The van der Waals surface area contributed by atoms with Crippen molar-refractivity contribution in [3.63, 3.8) is 0 Å². The Bertz CT molecular complexity index is 1130. The lowest BCUT2D eigenvalue weighted by Crippen LogP contribution is -2.12. The molecule has 2 N–H and O–H groups in total. The van der Waals surface area contributed by atoms with Crippen LogP contribution in [-0.2, 0) is 16.2 Å². The molecule has 0 spiro atoms. The quantitative estimate of drug-likeness (QED) is 0.594. The van der Waals surface area contributed by atoms with Crippen molar-refractivity contribution in [1.29, 1.82) is 0 Å². The first-order chi connectivity index (χ1) is 13.0. The van der Waals surface area contributed by atoms with Gasteiger partial charge in [0.05, 0.1) is 21.3 Å². The highest BCUT2D eigenvalue weighted by molar-refractivity contribution is 7.98. The van der Waals surface area contributed by atoms with Gasteiger partial charge in [-0.15, -0.1) is 11.8 Å². The van der Waals surface area contributed by atoms with Gasteiger partial charge in [-0.25, -0.2) is 18.2 Å². The number of aromatic nitrogens is 2. The van der Waals surface area contributed by atoms with Crippen LogP contribution in [0.25, 0.3) is 16.9 Å². The van der Waals surface area contributed by atoms with Gasteiger partial charge in [0.1, 0.15) is 0 Å². The molecule has 0 aliphatic rings. The summed E-state index contributed by atoms with van der Waals surface area (Å²) in [5.41, 5.74) is -0.252. The van der Waals surface area contributed by atoms with Crippen LogP contribution >= 0.6 is 23.4 Å². The molecule has 2 aromatic carbocycles. The van der Waals surface area contributed by atoms with E-state index in [1.807, 2.05) is 6.26 Å². The van der Waals surface area contributed by atoms with Crippen molar-refractivity contribution in [3.8, 4) is 16.9 Å². The first-order valence-electron chi connectivity index (χ1n) is 7.65. The van der Waals surface area contributed by atoms with Crippen LogP contribution in [0.1, 0.15) is 5.69 Å². The van der Waals surface area contributed by atoms with Gasteiger partial charge in [0, 0.05) is 10.5 Å². The van der Waals surface area contributed by atoms with E-state index in [2.05, 4.69) is 5.10 Å². The van der Waals surface area contributed by atoms with Crippen LogP contribution in [0.3, 0.4) is 0 Å². The minimum absolute atomic E-state index is 0.158. The molecule has 0 bridgehead atoms. The van der Waals surface area contributed by atoms with Crippen LogP contribution in [0.15, 0.2) is 58.3 Å². The normalized spacial score (nSPS) is 12.4. The zero-order chi connectivity index (χ0) is 20.7. The molecular weight excluding hydrogens is 435 g/mol. The third kappa shape index (κ3) is 4.19. The Hall–Kier alpha value is -2.01. The standard InChI is InChI=1S/C17H13ClF3N3O2S2/c1-27-15-7-2-10(8-13(15)18)14-9-16(17(19,20)21)23-24(14)11-3-5-12(6-4-11)28(22,25)26/h2-9H,1H3,(H2,22,25,26). The van der Waals surface area contributed by atoms with E-state index in [0.717, 1.165) is 15.6 Å². The van der Waals surface area contributed by atoms with Crippen molar-refractivity contribution >= 4 is 33.4 Å². The van der Waals surface area contributed by atoms with Crippen molar-refractivity contribution < 1.29 is 21.6 Å². The van der Waals surface area contributed by atoms with Crippen LogP contribution in [-0.4, -0.2) is 24.5 Å². The van der Waals surface area contributed by atoms with Gasteiger partial charge in [-0.1, -0.05) is 17.7 Å². The molecule has 1 aromatic heterocycles. The highest BCUT2D eigenvalue weighted by Crippen LogP contribution is 2.35. The number of rotatable bonds is 4. The first kappa shape index (κ1) is 20.7. The molecule has 3 rings (SSSR count). The predicted molar refractivity (Wildman–Crippen MR) is 102 cm³/mol. The van der Waals surface area contributed by atoms with E-state index in [-0.39, 0.29) is 16.3 Å². The lowest BCUT2D eigenvalue weighted by Gasteiger charge is -2.10. The molecule has 0 aliphatic heterocycles. The maximum absolute atomic E-state index is 13.2. The molecule has 0 unspecified atom stereocenters. The van der Waals surface area contributed by atoms with Crippen molar-refractivity contribution in [3.05, 3.63) is 59.2 Å². The molecule has 0 amide bonds. The SMILES string of the molecule is CSc1ccc(-c2cc(C(F)(F)F)nn2-c2ccc(S(N)(=O)=O)cc2)cc1Cl. The van der Waals surface area contributed by atoms with Gasteiger partial charge in [-0.2, -0.15) is 18.3 Å². The van der Waals surface area contributed by atoms with E-state index < -0.39 is 21.9 Å². The first-order valence-corrected chi connectivity index (χ1v) is 10.8. The Morgan fingerprint density at radius 3 is 2.25 bits per heavy atom. The number of sulfonamides is 1. The second-order valence-electron chi connectivity index (χ2n) is 5.71. The van der Waals surface area contributed by atoms with Gasteiger partial charge in [-0.3, -0.25) is 0 Å². The van der Waals surface area contributed by atoms with Gasteiger partial charge in [-0.05, 0) is 48.7 Å². The average molecular weight is 448 g/mol. The summed E-state index contributed by atoms with van der Waals surface area (Å²) in [4.78, 5) is 0.624. The minimum atomic E-state index is -4.65. The van der Waals surface area contributed by atoms with Gasteiger partial charge in [0.25, 0.3) is 0 Å². The van der Waals surface area contributed by atoms with E-state index in [1.165, 1.54) is 36.0 Å². The Balaban J connectivity index is 2.18. The maximum atomic E-state index is 13.2. The average Bonchev–Trinajstić information content (AvgIpc) is 3.07. The van der Waals surface area contributed by atoms with Crippen LogP contribution in [0.4, 0.5) is 13.2 Å². The molecule has 1 heterocycles. The molecule has 0 saturated carbocycles. The molecule has 0 aliphatic carbocycles. The highest BCUT2D eigenvalue weighted by Gasteiger charge is 2.35. The number of alkyl halides is 3. The summed E-state index contributed by atoms with van der Waals surface area (Å²) in [6.07, 6.45) is -2.82. The van der Waals surface area contributed by atoms with E-state index in [0.29, 0.717) is 10.6 Å². The smallest absolute Gasteiger partial charge is 0.233 e. The van der Waals surface area contributed by atoms with Gasteiger partial charge >= 0.3 is 6.18 Å². The highest BCUT2D eigenvalue weighted by atomic mass is 35.5. The summed E-state index contributed by atoms with van der Waals surface area (Å²) in [5, 5.41) is 9.11. The van der Waals surface area contributed by atoms with Gasteiger partial charge in [0.2, 0.25) is 10.0 Å². The fourth-order valence-electron chi connectivity index (χ4n) is 2.52. The number of primary sulfonamides is 1. The predicted octanol–water partition coefficient (Wildman–Crippen LogP) is 4.58. The summed E-state index contributed by atoms with van der Waals surface area (Å²) in [6.45, 7) is 0. The Morgan fingerprint density at radius 2 is 1.75 bits per heavy atom. The Kier molecular flexibility index (Phi) is 5.50. The number of halogens is 4. The third-order valence-electron chi connectivity index (χ3n) is 3.86. The Morgan fingerprint density at radius 1 is 1.11 bits per heavy atom. The fourth-order valence-corrected chi connectivity index (χ4v) is 3.91. The molecule has 0 saturated heterocycles. The van der Waals surface area contributed by atoms with Crippen molar-refractivity contribution in [2.24, 2.45) is 5.14 Å². The second kappa shape index (κ2) is 7.43. The summed E-state index contributed by atoms with van der Waals surface area (Å²) < 4.78 is 63.6. The molecule has 28 heavy (non-hydrogen) atoms. The van der Waals surface area contributed by atoms with Crippen LogP contribution < -0.4 is 5.14 Å². The van der Waals surface area contributed by atoms with Crippen molar-refractivity contribution in [1.82, 2.24) is 9.78 Å². The largest absolute Gasteiger partial charge is 0.435 e. The molecule has 11 heteroatoms. The van der Waals surface area contributed by atoms with Gasteiger partial charge in [0.15, 0.2) is 5.69 Å². The zero-order valence-electron chi connectivity index (χ0n) is 14.2. The summed E-state index contributed by atoms with van der Waals surface area (Å²) in [5.74, 6) is 0. The topological polar surface area (TPSA) is 78.0 Å². The number of benzene rings is 2. The monoisotopic (exact) mass is 447 g/mol. The molecule has 5 nitrogen and oxygen atoms in total. The lowest BCUT2D eigenvalue weighted by molar-refractivity contribution is -0.141. The number of hydrogen-bond donors (Lipinski definition) is 1. The van der Waals surface area contributed by atoms with E-state index in [9.17, 15) is 21.6 Å². The number of nitrogens with two attached hydrogens (primary N) is 1. The van der Waals surface area contributed by atoms with Crippen LogP contribution in [0.2, 0.25) is 5.02 Å². The van der Waals surface area contributed by atoms with Crippen LogP contribution in [0, 0.1) is 0 Å².